The van der Waals surface area contributed by atoms with E-state index in [-0.39, 0.29) is 6.17 Å². The molecule has 4 aliphatic rings. The highest BCUT2D eigenvalue weighted by Crippen LogP contribution is 2.67. The molecule has 0 saturated heterocycles. The second kappa shape index (κ2) is 16.0. The van der Waals surface area contributed by atoms with Crippen molar-refractivity contribution >= 4 is 33.3 Å². The molecule has 3 nitrogen and oxygen atoms in total. The van der Waals surface area contributed by atoms with Crippen molar-refractivity contribution < 1.29 is 4.42 Å². The van der Waals surface area contributed by atoms with Crippen molar-refractivity contribution in [1.82, 2.24) is 5.32 Å². The highest BCUT2D eigenvalue weighted by atomic mass is 16.3. The summed E-state index contributed by atoms with van der Waals surface area (Å²) in [5.41, 5.74) is 26.2. The van der Waals surface area contributed by atoms with Gasteiger partial charge in [0.05, 0.1) is 16.5 Å². The van der Waals surface area contributed by atoms with Crippen molar-refractivity contribution in [1.29, 1.82) is 0 Å². The fourth-order valence-corrected chi connectivity index (χ4v) is 13.7. The van der Waals surface area contributed by atoms with Gasteiger partial charge in [-0.25, -0.2) is 0 Å². The van der Waals surface area contributed by atoms with Gasteiger partial charge < -0.3 is 9.73 Å². The van der Waals surface area contributed by atoms with E-state index >= 15 is 0 Å². The number of hydrogen-bond acceptors (Lipinski definition) is 3. The second-order valence-electron chi connectivity index (χ2n) is 20.5. The van der Waals surface area contributed by atoms with Crippen LogP contribution in [0, 0.1) is 0 Å². The van der Waals surface area contributed by atoms with Gasteiger partial charge in [0.15, 0.2) is 0 Å². The molecule has 16 rings (SSSR count). The zero-order chi connectivity index (χ0) is 49.2. The van der Waals surface area contributed by atoms with E-state index in [1.165, 1.54) is 72.3 Å². The summed E-state index contributed by atoms with van der Waals surface area (Å²) in [6.07, 6.45) is 1.85. The Balaban J connectivity index is 0.861. The third-order valence-electron chi connectivity index (χ3n) is 16.8. The van der Waals surface area contributed by atoms with Gasteiger partial charge in [0.1, 0.15) is 17.3 Å². The summed E-state index contributed by atoms with van der Waals surface area (Å²) in [6, 6.07) is 96.3. The molecule has 1 unspecified atom stereocenters. The van der Waals surface area contributed by atoms with Crippen LogP contribution in [0.3, 0.4) is 0 Å². The van der Waals surface area contributed by atoms with Gasteiger partial charge in [0.2, 0.25) is 0 Å². The molecule has 350 valence electrons. The summed E-state index contributed by atoms with van der Waals surface area (Å²) in [5, 5.41) is 6.12. The van der Waals surface area contributed by atoms with Gasteiger partial charge in [-0.2, -0.15) is 0 Å². The number of hydrogen-bond donors (Lipinski definition) is 1. The van der Waals surface area contributed by atoms with Crippen LogP contribution >= 0.6 is 0 Å². The Bertz CT molecular complexity index is 4310. The van der Waals surface area contributed by atoms with E-state index in [1.54, 1.807) is 0 Å². The average Bonchev–Trinajstić information content (AvgIpc) is 4.17. The molecule has 1 aromatic heterocycles. The predicted octanol–water partition coefficient (Wildman–Crippen LogP) is 17.1. The zero-order valence-electron chi connectivity index (χ0n) is 40.8. The van der Waals surface area contributed by atoms with Crippen molar-refractivity contribution in [2.45, 2.75) is 17.0 Å². The quantitative estimate of drug-likeness (QED) is 0.187. The SMILES string of the molecule is C1=C(c2ccccc2)NC(c2cccc(-c3ccc4c(c3)C3(c5ccccc5-c5ccccc53)c3ccccc3C43c4ccccc4-c4ccccc43)c2)N=C1c1ccc(-c2cccc3c2oc2ccccc23)cc1. The second-order valence-corrected chi connectivity index (χ2v) is 20.5. The maximum Gasteiger partial charge on any atom is 0.145 e. The van der Waals surface area contributed by atoms with Crippen LogP contribution in [0.2, 0.25) is 0 Å². The van der Waals surface area contributed by atoms with Crippen molar-refractivity contribution in [3.05, 3.63) is 328 Å². The lowest BCUT2D eigenvalue weighted by atomic mass is 9.52. The Morgan fingerprint density at radius 2 is 0.800 bits per heavy atom. The largest absolute Gasteiger partial charge is 0.455 e. The van der Waals surface area contributed by atoms with E-state index in [1.807, 2.05) is 12.1 Å². The monoisotopic (exact) mass is 954 g/mol. The molecular formula is C72H46N2O. The molecule has 2 heterocycles. The van der Waals surface area contributed by atoms with E-state index in [0.29, 0.717) is 0 Å². The smallest absolute Gasteiger partial charge is 0.145 e. The van der Waals surface area contributed by atoms with Gasteiger partial charge in [0.25, 0.3) is 0 Å². The first-order chi connectivity index (χ1) is 37.2. The zero-order valence-corrected chi connectivity index (χ0v) is 40.8. The van der Waals surface area contributed by atoms with Crippen molar-refractivity contribution in [3.8, 4) is 44.5 Å². The highest BCUT2D eigenvalue weighted by molar-refractivity contribution is 6.14. The number of para-hydroxylation sites is 2. The summed E-state index contributed by atoms with van der Waals surface area (Å²) in [4.78, 5) is 5.52. The molecule has 11 aromatic carbocycles. The van der Waals surface area contributed by atoms with Gasteiger partial charge in [-0.05, 0) is 124 Å². The number of aliphatic imine (C=N–C) groups is 1. The molecule has 0 bridgehead atoms. The molecule has 12 aromatic rings. The summed E-state index contributed by atoms with van der Waals surface area (Å²) in [6.45, 7) is 0. The standard InChI is InChI=1S/C72H46N2O/c1-2-18-46(19-3-1)66-44-67(47-38-36-45(37-39-47)51-27-17-28-57-56-26-8-15-35-68(56)75-69(51)57)74-70(73-66)50-21-16-20-48(42-50)49-40-41-64-65(43-49)72(60-31-11-6-24-54(60)55-25-7-12-32-61(55)72)63-34-14-13-33-62(63)71(64)58-29-9-4-22-52(58)53-23-5-10-30-59(53)71/h1-44,70,73H. The lowest BCUT2D eigenvalue weighted by Crippen LogP contribution is -2.43. The maximum atomic E-state index is 6.45. The van der Waals surface area contributed by atoms with Crippen LogP contribution in [-0.4, -0.2) is 5.71 Å². The van der Waals surface area contributed by atoms with Gasteiger partial charge >= 0.3 is 0 Å². The van der Waals surface area contributed by atoms with Crippen LogP contribution in [-0.2, 0) is 10.8 Å². The van der Waals surface area contributed by atoms with Crippen molar-refractivity contribution in [3.63, 3.8) is 0 Å². The number of nitrogens with one attached hydrogen (secondary N) is 1. The van der Waals surface area contributed by atoms with Crippen molar-refractivity contribution in [2.24, 2.45) is 4.99 Å². The number of fused-ring (bicyclic) bond motifs is 19. The Labute approximate surface area is 435 Å². The minimum absolute atomic E-state index is 0.344. The predicted molar refractivity (Wildman–Crippen MR) is 306 cm³/mol. The van der Waals surface area contributed by atoms with Crippen LogP contribution in [0.5, 0.6) is 0 Å². The summed E-state index contributed by atoms with van der Waals surface area (Å²) in [7, 11) is 0. The Morgan fingerprint density at radius 1 is 0.333 bits per heavy atom. The first-order valence-electron chi connectivity index (χ1n) is 26.0. The molecule has 0 amide bonds. The first kappa shape index (κ1) is 42.0. The van der Waals surface area contributed by atoms with Crippen LogP contribution in [0.4, 0.5) is 0 Å². The summed E-state index contributed by atoms with van der Waals surface area (Å²) in [5.74, 6) is 0. The fourth-order valence-electron chi connectivity index (χ4n) is 13.7. The number of benzene rings is 11. The normalized spacial score (nSPS) is 15.8. The molecule has 0 radical (unpaired) electrons. The highest BCUT2D eigenvalue weighted by Gasteiger charge is 2.59. The molecule has 1 aliphatic heterocycles. The third-order valence-corrected chi connectivity index (χ3v) is 16.8. The van der Waals surface area contributed by atoms with Gasteiger partial charge in [-0.3, -0.25) is 4.99 Å². The fraction of sp³-hybridized carbons (Fsp3) is 0.0417. The topological polar surface area (TPSA) is 37.5 Å². The molecule has 0 saturated carbocycles. The maximum absolute atomic E-state index is 6.45. The van der Waals surface area contributed by atoms with Crippen LogP contribution < -0.4 is 5.32 Å². The van der Waals surface area contributed by atoms with E-state index in [9.17, 15) is 0 Å². The van der Waals surface area contributed by atoms with Crippen LogP contribution in [0.25, 0.3) is 72.1 Å². The first-order valence-corrected chi connectivity index (χ1v) is 26.0. The van der Waals surface area contributed by atoms with Gasteiger partial charge in [-0.15, -0.1) is 0 Å². The Hall–Kier alpha value is -9.57. The minimum Gasteiger partial charge on any atom is -0.455 e. The van der Waals surface area contributed by atoms with Gasteiger partial charge in [0, 0.05) is 22.0 Å². The number of allylic oxidation sites excluding steroid dienone is 1. The molecule has 2 spiro atoms. The van der Waals surface area contributed by atoms with Crippen LogP contribution in [0.1, 0.15) is 67.4 Å². The average molecular weight is 955 g/mol. The number of rotatable bonds is 5. The van der Waals surface area contributed by atoms with E-state index in [0.717, 1.165) is 66.7 Å². The number of furan rings is 1. The van der Waals surface area contributed by atoms with E-state index in [4.69, 9.17) is 9.41 Å². The lowest BCUT2D eigenvalue weighted by Gasteiger charge is -2.49. The molecule has 3 aliphatic carbocycles. The molecule has 75 heavy (non-hydrogen) atoms. The summed E-state index contributed by atoms with van der Waals surface area (Å²) >= 11 is 0. The molecule has 3 heteroatoms. The summed E-state index contributed by atoms with van der Waals surface area (Å²) < 4.78 is 6.45. The van der Waals surface area contributed by atoms with Crippen molar-refractivity contribution in [2.75, 3.05) is 0 Å². The molecule has 1 N–H and O–H groups in total. The Kier molecular flexibility index (Phi) is 8.94. The lowest BCUT2D eigenvalue weighted by molar-refractivity contribution is 0.633. The Morgan fingerprint density at radius 3 is 1.45 bits per heavy atom. The van der Waals surface area contributed by atoms with Crippen LogP contribution in [0.15, 0.2) is 276 Å². The third kappa shape index (κ3) is 5.84. The van der Waals surface area contributed by atoms with E-state index < -0.39 is 10.8 Å². The molecule has 0 fully saturated rings. The number of nitrogens with zero attached hydrogens (tertiary/aromatic N) is 1. The van der Waals surface area contributed by atoms with Gasteiger partial charge in [-0.1, -0.05) is 243 Å². The molecular weight excluding hydrogens is 909 g/mol. The molecule has 1 atom stereocenters. The van der Waals surface area contributed by atoms with E-state index in [2.05, 4.69) is 260 Å². The minimum atomic E-state index is -0.571.